The van der Waals surface area contributed by atoms with E-state index in [0.717, 1.165) is 11.3 Å². The fourth-order valence-corrected chi connectivity index (χ4v) is 5.50. The van der Waals surface area contributed by atoms with E-state index in [1.165, 1.54) is 5.56 Å². The smallest absolute Gasteiger partial charge is 0.140 e. The van der Waals surface area contributed by atoms with Gasteiger partial charge in [-0.1, -0.05) is 43.7 Å². The lowest BCUT2D eigenvalue weighted by Crippen LogP contribution is -2.37. The summed E-state index contributed by atoms with van der Waals surface area (Å²) in [6.45, 7) is 5.92. The zero-order valence-corrected chi connectivity index (χ0v) is 13.6. The van der Waals surface area contributed by atoms with Gasteiger partial charge in [0.1, 0.15) is 5.78 Å². The van der Waals surface area contributed by atoms with E-state index < -0.39 is 10.8 Å². The van der Waals surface area contributed by atoms with Gasteiger partial charge in [-0.15, -0.1) is 0 Å². The minimum Gasteiger partial charge on any atom is -0.299 e. The van der Waals surface area contributed by atoms with Gasteiger partial charge in [-0.2, -0.15) is 0 Å². The van der Waals surface area contributed by atoms with Crippen molar-refractivity contribution in [3.63, 3.8) is 0 Å². The van der Waals surface area contributed by atoms with Gasteiger partial charge in [0.2, 0.25) is 0 Å². The van der Waals surface area contributed by atoms with Gasteiger partial charge in [-0.3, -0.25) is 9.00 Å². The molecule has 1 aromatic rings. The molecule has 0 N–H and O–H groups in total. The second kappa shape index (κ2) is 5.53. The van der Waals surface area contributed by atoms with Crippen LogP contribution in [0.25, 0.3) is 0 Å². The van der Waals surface area contributed by atoms with Gasteiger partial charge in [-0.25, -0.2) is 0 Å². The van der Waals surface area contributed by atoms with E-state index in [1.807, 2.05) is 45.0 Å². The number of rotatable bonds is 4. The zero-order valence-electron chi connectivity index (χ0n) is 12.8. The topological polar surface area (TPSA) is 34.1 Å². The van der Waals surface area contributed by atoms with Gasteiger partial charge < -0.3 is 0 Å². The van der Waals surface area contributed by atoms with Crippen molar-refractivity contribution < 1.29 is 9.00 Å². The summed E-state index contributed by atoms with van der Waals surface area (Å²) in [6, 6.07) is 7.88. The van der Waals surface area contributed by atoms with E-state index in [4.69, 9.17) is 0 Å². The maximum atomic E-state index is 13.0. The van der Waals surface area contributed by atoms with Crippen LogP contribution in [-0.4, -0.2) is 15.2 Å². The summed E-state index contributed by atoms with van der Waals surface area (Å²) in [5.41, 5.74) is 1.17. The molecule has 3 rings (SSSR count). The van der Waals surface area contributed by atoms with Crippen molar-refractivity contribution in [3.05, 3.63) is 42.0 Å². The number of hydrogen-bond donors (Lipinski definition) is 0. The first kappa shape index (κ1) is 14.7. The molecule has 0 aromatic heterocycles. The van der Waals surface area contributed by atoms with Crippen LogP contribution in [0.5, 0.6) is 0 Å². The summed E-state index contributed by atoms with van der Waals surface area (Å²) >= 11 is 0. The van der Waals surface area contributed by atoms with Gasteiger partial charge in [0, 0.05) is 16.7 Å². The Bertz CT molecular complexity index is 600. The van der Waals surface area contributed by atoms with Crippen LogP contribution in [0.4, 0.5) is 0 Å². The molecule has 1 fully saturated rings. The Morgan fingerprint density at radius 1 is 1.14 bits per heavy atom. The summed E-state index contributed by atoms with van der Waals surface area (Å²) in [4.78, 5) is 13.4. The molecule has 21 heavy (non-hydrogen) atoms. The predicted molar refractivity (Wildman–Crippen MR) is 85.4 cm³/mol. The standard InChI is InChI=1S/C18H22O2S/c1-11(2)17(19)16-13-6-7-14(10-13)18(16)21(20)15-8-4-12(3)5-9-15/h4-9,11,13-14,16,18H,10H2,1-3H3/t13-,14+,16+,18-,21?/m1/s1. The average molecular weight is 302 g/mol. The number of Topliss-reactive ketones (excluding diaryl/α,β-unsaturated/α-hetero) is 1. The van der Waals surface area contributed by atoms with Crippen molar-refractivity contribution in [1.82, 2.24) is 0 Å². The number of carbonyl (C=O) groups excluding carboxylic acids is 1. The summed E-state index contributed by atoms with van der Waals surface area (Å²) in [7, 11) is -1.11. The van der Waals surface area contributed by atoms with E-state index in [0.29, 0.717) is 11.8 Å². The third-order valence-electron chi connectivity index (χ3n) is 4.79. The highest BCUT2D eigenvalue weighted by atomic mass is 32.2. The van der Waals surface area contributed by atoms with E-state index in [9.17, 15) is 9.00 Å². The Balaban J connectivity index is 1.92. The second-order valence-corrected chi connectivity index (χ2v) is 8.22. The molecule has 1 aromatic carbocycles. The number of allylic oxidation sites excluding steroid dienone is 2. The molecule has 112 valence electrons. The number of ketones is 1. The van der Waals surface area contributed by atoms with Crippen molar-refractivity contribution in [2.45, 2.75) is 37.3 Å². The highest BCUT2D eigenvalue weighted by molar-refractivity contribution is 7.85. The van der Waals surface area contributed by atoms with Gasteiger partial charge in [0.25, 0.3) is 0 Å². The van der Waals surface area contributed by atoms with E-state index in [2.05, 4.69) is 12.2 Å². The van der Waals surface area contributed by atoms with Crippen LogP contribution in [-0.2, 0) is 15.6 Å². The molecular formula is C18H22O2S. The Kier molecular flexibility index (Phi) is 3.87. The van der Waals surface area contributed by atoms with Crippen LogP contribution in [0.1, 0.15) is 25.8 Å². The molecule has 5 atom stereocenters. The molecule has 0 amide bonds. The SMILES string of the molecule is Cc1ccc(S(=O)[C@H]2[C@H](C(=O)C(C)C)[C@@H]3C=C[C@H]2C3)cc1. The van der Waals surface area contributed by atoms with Gasteiger partial charge in [0.05, 0.1) is 16.0 Å². The molecule has 2 nitrogen and oxygen atoms in total. The maximum absolute atomic E-state index is 13.0. The summed E-state index contributed by atoms with van der Waals surface area (Å²) in [5, 5.41) is -0.0439. The normalized spacial score (nSPS) is 31.8. The lowest BCUT2D eigenvalue weighted by Gasteiger charge is -2.27. The zero-order chi connectivity index (χ0) is 15.1. The van der Waals surface area contributed by atoms with Crippen molar-refractivity contribution in [3.8, 4) is 0 Å². The molecular weight excluding hydrogens is 280 g/mol. The van der Waals surface area contributed by atoms with Crippen LogP contribution < -0.4 is 0 Å². The fourth-order valence-electron chi connectivity index (χ4n) is 3.66. The molecule has 2 aliphatic rings. The lowest BCUT2D eigenvalue weighted by molar-refractivity contribution is -0.126. The molecule has 1 unspecified atom stereocenters. The number of benzene rings is 1. The highest BCUT2D eigenvalue weighted by Crippen LogP contribution is 2.48. The minimum atomic E-state index is -1.11. The minimum absolute atomic E-state index is 0.0141. The molecule has 3 heteroatoms. The Morgan fingerprint density at radius 3 is 2.38 bits per heavy atom. The third kappa shape index (κ3) is 2.52. The van der Waals surface area contributed by atoms with Gasteiger partial charge in [-0.05, 0) is 37.3 Å². The summed E-state index contributed by atoms with van der Waals surface area (Å²) in [5.74, 6) is 0.814. The van der Waals surface area contributed by atoms with Crippen LogP contribution in [0.3, 0.4) is 0 Å². The van der Waals surface area contributed by atoms with Crippen LogP contribution in [0.15, 0.2) is 41.3 Å². The van der Waals surface area contributed by atoms with Crippen molar-refractivity contribution in [2.24, 2.45) is 23.7 Å². The Morgan fingerprint density at radius 2 is 1.76 bits per heavy atom. The molecule has 1 saturated carbocycles. The number of hydrogen-bond acceptors (Lipinski definition) is 2. The Hall–Kier alpha value is -1.22. The summed E-state index contributed by atoms with van der Waals surface area (Å²) < 4.78 is 13.0. The van der Waals surface area contributed by atoms with Crippen molar-refractivity contribution >= 4 is 16.6 Å². The monoisotopic (exact) mass is 302 g/mol. The molecule has 0 heterocycles. The van der Waals surface area contributed by atoms with E-state index in [1.54, 1.807) is 0 Å². The summed E-state index contributed by atoms with van der Waals surface area (Å²) in [6.07, 6.45) is 5.33. The van der Waals surface area contributed by atoms with Crippen LogP contribution in [0.2, 0.25) is 0 Å². The van der Waals surface area contributed by atoms with Gasteiger partial charge in [0.15, 0.2) is 0 Å². The third-order valence-corrected chi connectivity index (χ3v) is 6.66. The molecule has 0 spiro atoms. The van der Waals surface area contributed by atoms with Crippen molar-refractivity contribution in [2.75, 3.05) is 0 Å². The number of fused-ring (bicyclic) bond motifs is 2. The van der Waals surface area contributed by atoms with Gasteiger partial charge >= 0.3 is 0 Å². The predicted octanol–water partition coefficient (Wildman–Crippen LogP) is 3.52. The van der Waals surface area contributed by atoms with E-state index >= 15 is 0 Å². The largest absolute Gasteiger partial charge is 0.299 e. The first-order chi connectivity index (χ1) is 9.99. The average Bonchev–Trinajstić information content (AvgIpc) is 3.07. The number of carbonyl (C=O) groups is 1. The first-order valence-corrected chi connectivity index (χ1v) is 8.89. The first-order valence-electron chi connectivity index (χ1n) is 7.68. The number of aryl methyl sites for hydroxylation is 1. The Labute approximate surface area is 129 Å². The molecule has 0 aliphatic heterocycles. The molecule has 2 bridgehead atoms. The lowest BCUT2D eigenvalue weighted by atomic mass is 9.84. The van der Waals surface area contributed by atoms with Crippen LogP contribution >= 0.6 is 0 Å². The molecule has 0 radical (unpaired) electrons. The van der Waals surface area contributed by atoms with E-state index in [-0.39, 0.29) is 22.9 Å². The van der Waals surface area contributed by atoms with Crippen LogP contribution in [0, 0.1) is 30.6 Å². The molecule has 2 aliphatic carbocycles. The fraction of sp³-hybridized carbons (Fsp3) is 0.500. The quantitative estimate of drug-likeness (QED) is 0.798. The second-order valence-electron chi connectivity index (χ2n) is 6.61. The highest BCUT2D eigenvalue weighted by Gasteiger charge is 2.51. The van der Waals surface area contributed by atoms with Crippen molar-refractivity contribution in [1.29, 1.82) is 0 Å². The molecule has 0 saturated heterocycles. The maximum Gasteiger partial charge on any atom is 0.140 e.